The zero-order chi connectivity index (χ0) is 13.8. The minimum absolute atomic E-state index is 0.0297. The average Bonchev–Trinajstić information content (AvgIpc) is 2.40. The molecule has 0 aliphatic heterocycles. The Morgan fingerprint density at radius 1 is 1.26 bits per heavy atom. The van der Waals surface area contributed by atoms with Crippen molar-refractivity contribution in [2.45, 2.75) is 0 Å². The minimum atomic E-state index is -0.0297. The van der Waals surface area contributed by atoms with Crippen LogP contribution in [0.15, 0.2) is 41.8 Å². The van der Waals surface area contributed by atoms with Crippen LogP contribution in [0.25, 0.3) is 0 Å². The minimum Gasteiger partial charge on any atom is -0.454 e. The largest absolute Gasteiger partial charge is 0.454 e. The van der Waals surface area contributed by atoms with Crippen LogP contribution in [-0.4, -0.2) is 16.0 Å². The van der Waals surface area contributed by atoms with Gasteiger partial charge in [-0.05, 0) is 18.2 Å². The van der Waals surface area contributed by atoms with Gasteiger partial charge in [-0.1, -0.05) is 28.4 Å². The van der Waals surface area contributed by atoms with Crippen LogP contribution in [0.1, 0.15) is 5.56 Å². The van der Waals surface area contributed by atoms with Crippen LogP contribution in [0.2, 0.25) is 10.0 Å². The number of aromatic nitrogens is 1. The van der Waals surface area contributed by atoms with E-state index in [0.29, 0.717) is 27.1 Å². The first-order valence-corrected chi connectivity index (χ1v) is 5.91. The van der Waals surface area contributed by atoms with E-state index in [0.717, 1.165) is 0 Å². The van der Waals surface area contributed by atoms with Crippen LogP contribution in [0.4, 0.5) is 0 Å². The molecule has 19 heavy (non-hydrogen) atoms. The molecule has 7 heteroatoms. The SMILES string of the molecule is NC(=NO)c1ccc(Oc2cncc(Cl)c2)c(Cl)c1. The monoisotopic (exact) mass is 297 g/mol. The number of hydrogen-bond acceptors (Lipinski definition) is 4. The molecule has 0 saturated heterocycles. The number of pyridine rings is 1. The molecular weight excluding hydrogens is 289 g/mol. The van der Waals surface area contributed by atoms with Crippen molar-refractivity contribution in [3.8, 4) is 11.5 Å². The summed E-state index contributed by atoms with van der Waals surface area (Å²) >= 11 is 11.9. The van der Waals surface area contributed by atoms with Crippen LogP contribution in [0.5, 0.6) is 11.5 Å². The highest BCUT2D eigenvalue weighted by atomic mass is 35.5. The highest BCUT2D eigenvalue weighted by Crippen LogP contribution is 2.30. The predicted molar refractivity (Wildman–Crippen MR) is 73.3 cm³/mol. The second kappa shape index (κ2) is 5.77. The number of oxime groups is 1. The molecule has 98 valence electrons. The predicted octanol–water partition coefficient (Wildman–Crippen LogP) is 3.28. The summed E-state index contributed by atoms with van der Waals surface area (Å²) in [6, 6.07) is 6.37. The van der Waals surface area contributed by atoms with Crippen LogP contribution < -0.4 is 10.5 Å². The van der Waals surface area contributed by atoms with Gasteiger partial charge in [0.15, 0.2) is 5.84 Å². The van der Waals surface area contributed by atoms with Crippen LogP contribution >= 0.6 is 23.2 Å². The van der Waals surface area contributed by atoms with Gasteiger partial charge in [-0.25, -0.2) is 0 Å². The first-order valence-electron chi connectivity index (χ1n) is 5.16. The van der Waals surface area contributed by atoms with Gasteiger partial charge >= 0.3 is 0 Å². The fraction of sp³-hybridized carbons (Fsp3) is 0. The number of nitrogens with zero attached hydrogens (tertiary/aromatic N) is 2. The van der Waals surface area contributed by atoms with Gasteiger partial charge in [0.2, 0.25) is 0 Å². The molecule has 1 heterocycles. The third kappa shape index (κ3) is 3.27. The zero-order valence-corrected chi connectivity index (χ0v) is 11.1. The Morgan fingerprint density at radius 2 is 2.05 bits per heavy atom. The maximum absolute atomic E-state index is 8.58. The molecule has 5 nitrogen and oxygen atoms in total. The van der Waals surface area contributed by atoms with Gasteiger partial charge in [0.05, 0.1) is 16.2 Å². The number of nitrogens with two attached hydrogens (primary N) is 1. The van der Waals surface area contributed by atoms with Gasteiger partial charge in [-0.2, -0.15) is 0 Å². The molecular formula is C12H9Cl2N3O2. The Balaban J connectivity index is 2.27. The number of rotatable bonds is 3. The van der Waals surface area contributed by atoms with Crippen molar-refractivity contribution in [2.24, 2.45) is 10.9 Å². The van der Waals surface area contributed by atoms with Crippen molar-refractivity contribution in [1.29, 1.82) is 0 Å². The fourth-order valence-corrected chi connectivity index (χ4v) is 1.76. The lowest BCUT2D eigenvalue weighted by molar-refractivity contribution is 0.318. The van der Waals surface area contributed by atoms with E-state index in [4.69, 9.17) is 38.9 Å². The topological polar surface area (TPSA) is 80.7 Å². The molecule has 0 aliphatic rings. The van der Waals surface area contributed by atoms with Crippen molar-refractivity contribution >= 4 is 29.0 Å². The maximum Gasteiger partial charge on any atom is 0.170 e. The molecule has 0 radical (unpaired) electrons. The highest BCUT2D eigenvalue weighted by Gasteiger charge is 2.07. The lowest BCUT2D eigenvalue weighted by Gasteiger charge is -2.08. The van der Waals surface area contributed by atoms with Crippen LogP contribution in [0.3, 0.4) is 0 Å². The van der Waals surface area contributed by atoms with Gasteiger partial charge in [0.1, 0.15) is 11.5 Å². The van der Waals surface area contributed by atoms with E-state index in [1.54, 1.807) is 18.2 Å². The van der Waals surface area contributed by atoms with Gasteiger partial charge in [-0.15, -0.1) is 0 Å². The Bertz CT molecular complexity index is 632. The quantitative estimate of drug-likeness (QED) is 0.394. The van der Waals surface area contributed by atoms with Crippen molar-refractivity contribution in [3.63, 3.8) is 0 Å². The van der Waals surface area contributed by atoms with Crippen molar-refractivity contribution in [3.05, 3.63) is 52.3 Å². The second-order valence-electron chi connectivity index (χ2n) is 3.57. The van der Waals surface area contributed by atoms with Gasteiger partial charge in [0, 0.05) is 17.8 Å². The second-order valence-corrected chi connectivity index (χ2v) is 4.42. The molecule has 0 saturated carbocycles. The molecule has 3 N–H and O–H groups in total. The average molecular weight is 298 g/mol. The summed E-state index contributed by atoms with van der Waals surface area (Å²) in [6.45, 7) is 0. The third-order valence-corrected chi connectivity index (χ3v) is 2.75. The Labute approximate surface area is 119 Å². The number of ether oxygens (including phenoxy) is 1. The summed E-state index contributed by atoms with van der Waals surface area (Å²) in [4.78, 5) is 3.90. The molecule has 0 fully saturated rings. The Hall–Kier alpha value is -1.98. The van der Waals surface area contributed by atoms with E-state index < -0.39 is 0 Å². The molecule has 0 aliphatic carbocycles. The van der Waals surface area contributed by atoms with Crippen LogP contribution in [-0.2, 0) is 0 Å². The van der Waals surface area contributed by atoms with E-state index in [1.807, 2.05) is 0 Å². The molecule has 0 bridgehead atoms. The maximum atomic E-state index is 8.58. The summed E-state index contributed by atoms with van der Waals surface area (Å²) < 4.78 is 5.54. The van der Waals surface area contributed by atoms with Gasteiger partial charge < -0.3 is 15.7 Å². The number of hydrogen-bond donors (Lipinski definition) is 2. The zero-order valence-electron chi connectivity index (χ0n) is 9.55. The molecule has 1 aromatic heterocycles. The molecule has 0 amide bonds. The number of amidine groups is 1. The Morgan fingerprint density at radius 3 is 2.68 bits per heavy atom. The molecule has 0 spiro atoms. The highest BCUT2D eigenvalue weighted by molar-refractivity contribution is 6.32. The first-order chi connectivity index (χ1) is 9.10. The summed E-state index contributed by atoms with van der Waals surface area (Å²) in [6.07, 6.45) is 3.01. The smallest absolute Gasteiger partial charge is 0.170 e. The fourth-order valence-electron chi connectivity index (χ4n) is 1.38. The molecule has 2 rings (SSSR count). The molecule has 0 unspecified atom stereocenters. The number of halogens is 2. The van der Waals surface area contributed by atoms with Crippen molar-refractivity contribution in [1.82, 2.24) is 4.98 Å². The van der Waals surface area contributed by atoms with Crippen LogP contribution in [0, 0.1) is 0 Å². The Kier molecular flexibility index (Phi) is 4.09. The molecule has 1 aromatic carbocycles. The molecule has 0 atom stereocenters. The summed E-state index contributed by atoms with van der Waals surface area (Å²) in [5.41, 5.74) is 5.95. The van der Waals surface area contributed by atoms with E-state index >= 15 is 0 Å². The van der Waals surface area contributed by atoms with E-state index in [-0.39, 0.29) is 5.84 Å². The van der Waals surface area contributed by atoms with Gasteiger partial charge in [0.25, 0.3) is 0 Å². The summed E-state index contributed by atoms with van der Waals surface area (Å²) in [7, 11) is 0. The third-order valence-electron chi connectivity index (χ3n) is 2.24. The summed E-state index contributed by atoms with van der Waals surface area (Å²) in [5, 5.41) is 12.3. The summed E-state index contributed by atoms with van der Waals surface area (Å²) in [5.74, 6) is 0.851. The van der Waals surface area contributed by atoms with E-state index in [9.17, 15) is 0 Å². The first kappa shape index (κ1) is 13.5. The van der Waals surface area contributed by atoms with E-state index in [2.05, 4.69) is 10.1 Å². The molecule has 2 aromatic rings. The van der Waals surface area contributed by atoms with Crippen molar-refractivity contribution in [2.75, 3.05) is 0 Å². The van der Waals surface area contributed by atoms with E-state index in [1.165, 1.54) is 18.5 Å². The van der Waals surface area contributed by atoms with Crippen molar-refractivity contribution < 1.29 is 9.94 Å². The number of benzene rings is 1. The lowest BCUT2D eigenvalue weighted by Crippen LogP contribution is -2.12. The van der Waals surface area contributed by atoms with Gasteiger partial charge in [-0.3, -0.25) is 4.98 Å². The lowest BCUT2D eigenvalue weighted by atomic mass is 10.2. The normalized spacial score (nSPS) is 11.4. The standard InChI is InChI=1S/C12H9Cl2N3O2/c13-8-4-9(6-16-5-8)19-11-2-1-7(3-10(11)14)12(15)17-18/h1-6,18H,(H2,15,17).